The molecule has 4 heteroatoms. The molecule has 1 unspecified atom stereocenters. The number of rotatable bonds is 5. The first-order valence-electron chi connectivity index (χ1n) is 5.67. The summed E-state index contributed by atoms with van der Waals surface area (Å²) in [5.41, 5.74) is 1.05. The van der Waals surface area contributed by atoms with E-state index in [0.717, 1.165) is 28.6 Å². The van der Waals surface area contributed by atoms with E-state index in [-0.39, 0.29) is 12.3 Å². The van der Waals surface area contributed by atoms with Crippen LogP contribution in [0.5, 0.6) is 5.75 Å². The monoisotopic (exact) mass is 298 g/mol. The van der Waals surface area contributed by atoms with Crippen LogP contribution in [0.1, 0.15) is 30.7 Å². The fraction of sp³-hybridized carbons (Fsp3) is 0.462. The lowest BCUT2D eigenvalue weighted by Crippen LogP contribution is -2.09. The summed E-state index contributed by atoms with van der Waals surface area (Å²) in [5.74, 6) is 0.641. The van der Waals surface area contributed by atoms with Crippen molar-refractivity contribution in [1.29, 1.82) is 0 Å². The minimum absolute atomic E-state index is 0.0944. The van der Waals surface area contributed by atoms with E-state index in [4.69, 9.17) is 9.84 Å². The van der Waals surface area contributed by atoms with Crippen molar-refractivity contribution < 1.29 is 14.6 Å². The Kier molecular flexibility index (Phi) is 3.72. The Balaban J connectivity index is 2.30. The predicted octanol–water partition coefficient (Wildman–Crippen LogP) is 3.43. The van der Waals surface area contributed by atoms with Gasteiger partial charge in [-0.2, -0.15) is 0 Å². The van der Waals surface area contributed by atoms with E-state index in [1.165, 1.54) is 0 Å². The van der Waals surface area contributed by atoms with Gasteiger partial charge in [-0.25, -0.2) is 0 Å². The van der Waals surface area contributed by atoms with Crippen LogP contribution in [0, 0.1) is 5.92 Å². The van der Waals surface area contributed by atoms with E-state index in [0.29, 0.717) is 5.92 Å². The molecule has 3 nitrogen and oxygen atoms in total. The molecule has 2 rings (SSSR count). The smallest absolute Gasteiger partial charge is 0.303 e. The topological polar surface area (TPSA) is 46.5 Å². The number of carbonyl (C=O) groups is 1. The van der Waals surface area contributed by atoms with E-state index in [1.54, 1.807) is 7.11 Å². The van der Waals surface area contributed by atoms with Gasteiger partial charge in [0.15, 0.2) is 0 Å². The van der Waals surface area contributed by atoms with Crippen LogP contribution in [0.25, 0.3) is 0 Å². The van der Waals surface area contributed by atoms with Crippen molar-refractivity contribution in [3.63, 3.8) is 0 Å². The molecule has 0 bridgehead atoms. The predicted molar refractivity (Wildman–Crippen MR) is 68.4 cm³/mol. The Morgan fingerprint density at radius 2 is 2.29 bits per heavy atom. The minimum Gasteiger partial charge on any atom is -0.497 e. The molecule has 1 atom stereocenters. The van der Waals surface area contributed by atoms with Gasteiger partial charge in [0.25, 0.3) is 0 Å². The highest BCUT2D eigenvalue weighted by molar-refractivity contribution is 9.10. The molecule has 0 aromatic heterocycles. The van der Waals surface area contributed by atoms with Gasteiger partial charge in [-0.15, -0.1) is 0 Å². The third kappa shape index (κ3) is 3.00. The molecule has 0 aliphatic heterocycles. The first kappa shape index (κ1) is 12.4. The highest BCUT2D eigenvalue weighted by Crippen LogP contribution is 2.47. The Labute approximate surface area is 109 Å². The third-order valence-electron chi connectivity index (χ3n) is 3.19. The van der Waals surface area contributed by atoms with Gasteiger partial charge in [0.2, 0.25) is 0 Å². The Bertz CT molecular complexity index is 427. The van der Waals surface area contributed by atoms with Crippen LogP contribution >= 0.6 is 15.9 Å². The minimum atomic E-state index is -0.739. The fourth-order valence-electron chi connectivity index (χ4n) is 2.15. The largest absolute Gasteiger partial charge is 0.497 e. The van der Waals surface area contributed by atoms with Crippen LogP contribution < -0.4 is 4.74 Å². The summed E-state index contributed by atoms with van der Waals surface area (Å²) in [6.45, 7) is 0. The van der Waals surface area contributed by atoms with Gasteiger partial charge < -0.3 is 9.84 Å². The molecule has 0 heterocycles. The lowest BCUT2D eigenvalue weighted by Gasteiger charge is -2.17. The maximum atomic E-state index is 10.9. The van der Waals surface area contributed by atoms with Crippen LogP contribution in [0.15, 0.2) is 22.7 Å². The van der Waals surface area contributed by atoms with Gasteiger partial charge >= 0.3 is 5.97 Å². The number of benzene rings is 1. The van der Waals surface area contributed by atoms with Crippen LogP contribution in [0.4, 0.5) is 0 Å². The van der Waals surface area contributed by atoms with E-state index in [9.17, 15) is 4.79 Å². The van der Waals surface area contributed by atoms with Crippen LogP contribution in [0.2, 0.25) is 0 Å². The number of hydrogen-bond donors (Lipinski definition) is 1. The number of methoxy groups -OCH3 is 1. The zero-order valence-electron chi connectivity index (χ0n) is 9.65. The number of aliphatic carboxylic acids is 1. The second-order valence-electron chi connectivity index (χ2n) is 4.43. The fourth-order valence-corrected chi connectivity index (χ4v) is 2.69. The Morgan fingerprint density at radius 1 is 1.59 bits per heavy atom. The first-order valence-corrected chi connectivity index (χ1v) is 6.46. The van der Waals surface area contributed by atoms with Crippen molar-refractivity contribution in [2.45, 2.75) is 25.2 Å². The van der Waals surface area contributed by atoms with Crippen molar-refractivity contribution in [2.24, 2.45) is 5.92 Å². The summed E-state index contributed by atoms with van der Waals surface area (Å²) < 4.78 is 6.17. The zero-order chi connectivity index (χ0) is 12.4. The summed E-state index contributed by atoms with van der Waals surface area (Å²) in [4.78, 5) is 10.9. The second-order valence-corrected chi connectivity index (χ2v) is 5.28. The summed E-state index contributed by atoms with van der Waals surface area (Å²) in [6, 6.07) is 5.74. The maximum Gasteiger partial charge on any atom is 0.303 e. The summed E-state index contributed by atoms with van der Waals surface area (Å²) in [5, 5.41) is 8.99. The molecule has 1 fully saturated rings. The van der Waals surface area contributed by atoms with Crippen molar-refractivity contribution in [1.82, 2.24) is 0 Å². The molecule has 0 saturated heterocycles. The van der Waals surface area contributed by atoms with Crippen molar-refractivity contribution in [3.05, 3.63) is 28.2 Å². The van der Waals surface area contributed by atoms with E-state index < -0.39 is 5.97 Å². The third-order valence-corrected chi connectivity index (χ3v) is 3.91. The summed E-state index contributed by atoms with van der Waals surface area (Å²) in [7, 11) is 1.62. The molecule has 1 N–H and O–H groups in total. The molecule has 17 heavy (non-hydrogen) atoms. The second kappa shape index (κ2) is 5.08. The van der Waals surface area contributed by atoms with Gasteiger partial charge in [0.05, 0.1) is 13.5 Å². The molecule has 0 radical (unpaired) electrons. The standard InChI is InChI=1S/C13H15BrO3/c1-17-9-4-5-12(14)11(6-9)10(7-13(15)16)8-2-3-8/h4-6,8,10H,2-3,7H2,1H3,(H,15,16). The lowest BCUT2D eigenvalue weighted by molar-refractivity contribution is -0.137. The van der Waals surface area contributed by atoms with Crippen molar-refractivity contribution in [3.8, 4) is 5.75 Å². The van der Waals surface area contributed by atoms with Gasteiger partial charge in [0, 0.05) is 4.47 Å². The van der Waals surface area contributed by atoms with Gasteiger partial charge in [-0.1, -0.05) is 15.9 Å². The van der Waals surface area contributed by atoms with Gasteiger partial charge in [0.1, 0.15) is 5.75 Å². The Morgan fingerprint density at radius 3 is 2.82 bits per heavy atom. The molecule has 1 saturated carbocycles. The number of hydrogen-bond acceptors (Lipinski definition) is 2. The highest BCUT2D eigenvalue weighted by atomic mass is 79.9. The maximum absolute atomic E-state index is 10.9. The van der Waals surface area contributed by atoms with Crippen LogP contribution in [0.3, 0.4) is 0 Å². The van der Waals surface area contributed by atoms with E-state index >= 15 is 0 Å². The number of halogens is 1. The molecule has 0 spiro atoms. The van der Waals surface area contributed by atoms with Crippen molar-refractivity contribution >= 4 is 21.9 Å². The quantitative estimate of drug-likeness (QED) is 0.906. The van der Waals surface area contributed by atoms with E-state index in [1.807, 2.05) is 18.2 Å². The molecule has 0 amide bonds. The van der Waals surface area contributed by atoms with Crippen LogP contribution in [-0.2, 0) is 4.79 Å². The highest BCUT2D eigenvalue weighted by Gasteiger charge is 2.34. The molecule has 1 aromatic rings. The summed E-state index contributed by atoms with van der Waals surface area (Å²) >= 11 is 3.50. The van der Waals surface area contributed by atoms with Gasteiger partial charge in [-0.05, 0) is 48.4 Å². The molecule has 1 aliphatic rings. The molecule has 1 aliphatic carbocycles. The first-order chi connectivity index (χ1) is 8.11. The van der Waals surface area contributed by atoms with Crippen LogP contribution in [-0.4, -0.2) is 18.2 Å². The normalized spacial score (nSPS) is 16.6. The zero-order valence-corrected chi connectivity index (χ0v) is 11.2. The molecular weight excluding hydrogens is 284 g/mol. The van der Waals surface area contributed by atoms with Gasteiger partial charge in [-0.3, -0.25) is 4.79 Å². The number of carboxylic acids is 1. The number of ether oxygens (including phenoxy) is 1. The lowest BCUT2D eigenvalue weighted by atomic mass is 9.91. The molecule has 1 aromatic carbocycles. The van der Waals surface area contributed by atoms with Crippen molar-refractivity contribution in [2.75, 3.05) is 7.11 Å². The SMILES string of the molecule is COc1ccc(Br)c(C(CC(=O)O)C2CC2)c1. The molecular formula is C13H15BrO3. The number of carboxylic acid groups (broad SMARTS) is 1. The average molecular weight is 299 g/mol. The Hall–Kier alpha value is -1.03. The molecule has 92 valence electrons. The van der Waals surface area contributed by atoms with E-state index in [2.05, 4.69) is 15.9 Å². The average Bonchev–Trinajstić information content (AvgIpc) is 3.10. The summed E-state index contributed by atoms with van der Waals surface area (Å²) in [6.07, 6.45) is 2.44.